The van der Waals surface area contributed by atoms with E-state index in [1.54, 1.807) is 0 Å². The molecule has 0 aromatic carbocycles. The summed E-state index contributed by atoms with van der Waals surface area (Å²) in [5.74, 6) is 1.64. The predicted molar refractivity (Wildman–Crippen MR) is 108 cm³/mol. The Kier molecular flexibility index (Phi) is 6.84. The molecule has 2 heterocycles. The first kappa shape index (κ1) is 18.4. The Hall–Kier alpha value is -1.43. The first-order chi connectivity index (χ1) is 12.2. The van der Waals surface area contributed by atoms with E-state index in [4.69, 9.17) is 17.2 Å². The molecular weight excluding hydrogens is 330 g/mol. The largest absolute Gasteiger partial charge is 0.360 e. The fraction of sp³-hybridized carbons (Fsp3) is 0.737. The van der Waals surface area contributed by atoms with Crippen molar-refractivity contribution >= 4 is 29.1 Å². The van der Waals surface area contributed by atoms with Crippen molar-refractivity contribution in [3.05, 3.63) is 11.8 Å². The van der Waals surface area contributed by atoms with E-state index in [2.05, 4.69) is 26.6 Å². The maximum atomic E-state index is 5.51. The summed E-state index contributed by atoms with van der Waals surface area (Å²) in [5, 5.41) is 7.33. The summed E-state index contributed by atoms with van der Waals surface area (Å²) in [7, 11) is 0. The molecule has 138 valence electrons. The number of hydrogen-bond acceptors (Lipinski definition) is 4. The van der Waals surface area contributed by atoms with Crippen molar-refractivity contribution in [1.82, 2.24) is 15.3 Å². The maximum absolute atomic E-state index is 5.51. The van der Waals surface area contributed by atoms with Gasteiger partial charge in [0.2, 0.25) is 5.95 Å². The lowest BCUT2D eigenvalue weighted by atomic mass is 10.1. The van der Waals surface area contributed by atoms with Crippen LogP contribution in [0.2, 0.25) is 0 Å². The highest BCUT2D eigenvalue weighted by Crippen LogP contribution is 2.20. The van der Waals surface area contributed by atoms with Gasteiger partial charge < -0.3 is 15.5 Å². The van der Waals surface area contributed by atoms with Crippen LogP contribution in [0.3, 0.4) is 0 Å². The Morgan fingerprint density at radius 1 is 1.00 bits per heavy atom. The number of nitrogens with one attached hydrogen (secondary N) is 2. The Balaban J connectivity index is 1.62. The summed E-state index contributed by atoms with van der Waals surface area (Å²) >= 11 is 5.51. The lowest BCUT2D eigenvalue weighted by molar-refractivity contribution is 0.535. The molecule has 1 saturated carbocycles. The zero-order valence-electron chi connectivity index (χ0n) is 15.4. The number of thiocarbonyl (C=S) groups is 1. The molecule has 0 atom stereocenters. The minimum absolute atomic E-state index is 0.484. The number of aryl methyl sites for hydroxylation is 1. The van der Waals surface area contributed by atoms with Crippen molar-refractivity contribution in [1.29, 1.82) is 0 Å². The molecule has 6 heteroatoms. The zero-order valence-corrected chi connectivity index (χ0v) is 16.2. The van der Waals surface area contributed by atoms with Gasteiger partial charge in [-0.25, -0.2) is 4.98 Å². The van der Waals surface area contributed by atoms with E-state index in [0.29, 0.717) is 17.1 Å². The first-order valence-corrected chi connectivity index (χ1v) is 10.3. The molecule has 0 bridgehead atoms. The number of nitrogens with zero attached hydrogens (tertiary/aromatic N) is 3. The molecule has 0 spiro atoms. The van der Waals surface area contributed by atoms with Crippen molar-refractivity contribution in [2.24, 2.45) is 0 Å². The second-order valence-electron chi connectivity index (χ2n) is 7.38. The highest BCUT2D eigenvalue weighted by molar-refractivity contribution is 7.80. The smallest absolute Gasteiger partial charge is 0.231 e. The second kappa shape index (κ2) is 9.32. The van der Waals surface area contributed by atoms with Gasteiger partial charge in [0.1, 0.15) is 5.82 Å². The fourth-order valence-corrected chi connectivity index (χ4v) is 4.07. The van der Waals surface area contributed by atoms with E-state index in [9.17, 15) is 0 Å². The van der Waals surface area contributed by atoms with E-state index in [1.165, 1.54) is 64.2 Å². The number of aromatic nitrogens is 2. The highest BCUT2D eigenvalue weighted by atomic mass is 32.1. The van der Waals surface area contributed by atoms with Crippen LogP contribution in [0.4, 0.5) is 11.8 Å². The molecule has 0 amide bonds. The third-order valence-corrected chi connectivity index (χ3v) is 5.41. The van der Waals surface area contributed by atoms with E-state index >= 15 is 0 Å². The minimum Gasteiger partial charge on any atom is -0.360 e. The van der Waals surface area contributed by atoms with E-state index in [1.807, 2.05) is 6.92 Å². The van der Waals surface area contributed by atoms with Gasteiger partial charge in [-0.3, -0.25) is 0 Å². The number of anilines is 2. The lowest BCUT2D eigenvalue weighted by Crippen LogP contribution is -2.38. The SMILES string of the molecule is Cc1cc(N2CCCCCC2)nc(NC(=S)NC2CCCCCC2)n1. The van der Waals surface area contributed by atoms with Crippen LogP contribution in [0.25, 0.3) is 0 Å². The topological polar surface area (TPSA) is 53.1 Å². The molecule has 1 aromatic heterocycles. The average Bonchev–Trinajstić information content (AvgIpc) is 2.99. The molecule has 2 N–H and O–H groups in total. The number of hydrogen-bond donors (Lipinski definition) is 2. The number of rotatable bonds is 3. The van der Waals surface area contributed by atoms with Crippen LogP contribution in [0.1, 0.15) is 69.9 Å². The van der Waals surface area contributed by atoms with Gasteiger partial charge in [0.25, 0.3) is 0 Å². The van der Waals surface area contributed by atoms with Crippen molar-refractivity contribution in [3.63, 3.8) is 0 Å². The molecule has 1 saturated heterocycles. The van der Waals surface area contributed by atoms with E-state index in [-0.39, 0.29) is 0 Å². The van der Waals surface area contributed by atoms with Crippen LogP contribution >= 0.6 is 12.2 Å². The Bertz CT molecular complexity index is 561. The standard InChI is InChI=1S/C19H31N5S/c1-15-14-17(24-12-8-4-5-9-13-24)22-18(20-15)23-19(25)21-16-10-6-2-3-7-11-16/h14,16H,2-13H2,1H3,(H2,20,21,22,23,25). The summed E-state index contributed by atoms with van der Waals surface area (Å²) in [5.41, 5.74) is 0.981. The normalized spacial score (nSPS) is 19.8. The van der Waals surface area contributed by atoms with Crippen molar-refractivity contribution in [2.45, 2.75) is 77.2 Å². The molecule has 2 aliphatic rings. The van der Waals surface area contributed by atoms with Gasteiger partial charge in [0.05, 0.1) is 0 Å². The fourth-order valence-electron chi connectivity index (χ4n) is 3.82. The Morgan fingerprint density at radius 3 is 2.32 bits per heavy atom. The highest BCUT2D eigenvalue weighted by Gasteiger charge is 2.15. The Morgan fingerprint density at radius 2 is 1.64 bits per heavy atom. The molecule has 1 aliphatic heterocycles. The van der Waals surface area contributed by atoms with Gasteiger partial charge in [-0.1, -0.05) is 38.5 Å². The van der Waals surface area contributed by atoms with Gasteiger partial charge >= 0.3 is 0 Å². The van der Waals surface area contributed by atoms with Gasteiger partial charge in [0.15, 0.2) is 5.11 Å². The quantitative estimate of drug-likeness (QED) is 0.622. The van der Waals surface area contributed by atoms with Gasteiger partial charge in [-0.2, -0.15) is 4.98 Å². The molecule has 5 nitrogen and oxygen atoms in total. The monoisotopic (exact) mass is 361 g/mol. The predicted octanol–water partition coefficient (Wildman–Crippen LogP) is 4.17. The van der Waals surface area contributed by atoms with Gasteiger partial charge in [-0.15, -0.1) is 0 Å². The second-order valence-corrected chi connectivity index (χ2v) is 7.79. The molecule has 1 aliphatic carbocycles. The van der Waals surface area contributed by atoms with Crippen molar-refractivity contribution in [2.75, 3.05) is 23.3 Å². The van der Waals surface area contributed by atoms with E-state index < -0.39 is 0 Å². The third kappa shape index (κ3) is 5.80. The molecule has 1 aromatic rings. The van der Waals surface area contributed by atoms with Crippen molar-refractivity contribution in [3.8, 4) is 0 Å². The van der Waals surface area contributed by atoms with E-state index in [0.717, 1.165) is 24.6 Å². The van der Waals surface area contributed by atoms with Crippen LogP contribution in [0.15, 0.2) is 6.07 Å². The third-order valence-electron chi connectivity index (χ3n) is 5.19. The maximum Gasteiger partial charge on any atom is 0.231 e. The average molecular weight is 362 g/mol. The van der Waals surface area contributed by atoms with Gasteiger partial charge in [0, 0.05) is 30.9 Å². The first-order valence-electron chi connectivity index (χ1n) is 9.89. The molecule has 2 fully saturated rings. The van der Waals surface area contributed by atoms with Gasteiger partial charge in [-0.05, 0) is 44.8 Å². The van der Waals surface area contributed by atoms with Crippen LogP contribution in [-0.4, -0.2) is 34.2 Å². The zero-order chi connectivity index (χ0) is 17.5. The molecular formula is C19H31N5S. The van der Waals surface area contributed by atoms with Crippen molar-refractivity contribution < 1.29 is 0 Å². The summed E-state index contributed by atoms with van der Waals surface area (Å²) in [6.07, 6.45) is 12.8. The summed E-state index contributed by atoms with van der Waals surface area (Å²) in [6, 6.07) is 2.57. The summed E-state index contributed by atoms with van der Waals surface area (Å²) in [4.78, 5) is 11.6. The van der Waals surface area contributed by atoms with Crippen LogP contribution in [-0.2, 0) is 0 Å². The lowest BCUT2D eigenvalue weighted by Gasteiger charge is -2.23. The van der Waals surface area contributed by atoms with Crippen LogP contribution in [0, 0.1) is 6.92 Å². The van der Waals surface area contributed by atoms with Crippen LogP contribution < -0.4 is 15.5 Å². The molecule has 3 rings (SSSR count). The molecule has 25 heavy (non-hydrogen) atoms. The Labute approximate surface area is 157 Å². The molecule has 0 radical (unpaired) electrons. The summed E-state index contributed by atoms with van der Waals surface area (Å²) in [6.45, 7) is 4.19. The van der Waals surface area contributed by atoms with Crippen LogP contribution in [0.5, 0.6) is 0 Å². The summed E-state index contributed by atoms with van der Waals surface area (Å²) < 4.78 is 0. The molecule has 0 unspecified atom stereocenters. The minimum atomic E-state index is 0.484.